The Labute approximate surface area is 116 Å². The summed E-state index contributed by atoms with van der Waals surface area (Å²) in [5.41, 5.74) is -0.145. The summed E-state index contributed by atoms with van der Waals surface area (Å²) in [6.45, 7) is 6.50. The minimum Gasteiger partial charge on any atom is -0.351 e. The van der Waals surface area contributed by atoms with Crippen molar-refractivity contribution in [3.8, 4) is 0 Å². The predicted octanol–water partition coefficient (Wildman–Crippen LogP) is 1.12. The van der Waals surface area contributed by atoms with Gasteiger partial charge >= 0.3 is 0 Å². The third-order valence-electron chi connectivity index (χ3n) is 5.43. The monoisotopic (exact) mass is 265 g/mol. The van der Waals surface area contributed by atoms with Crippen molar-refractivity contribution < 1.29 is 4.79 Å². The zero-order chi connectivity index (χ0) is 13.3. The summed E-state index contributed by atoms with van der Waals surface area (Å²) < 4.78 is 0. The lowest BCUT2D eigenvalue weighted by molar-refractivity contribution is -0.132. The average molecular weight is 265 g/mol. The highest BCUT2D eigenvalue weighted by atomic mass is 16.2. The van der Waals surface area contributed by atoms with Crippen LogP contribution in [-0.4, -0.2) is 49.1 Å². The summed E-state index contributed by atoms with van der Waals surface area (Å²) in [6.07, 6.45) is 7.02. The van der Waals surface area contributed by atoms with Crippen LogP contribution in [0.1, 0.15) is 45.4 Å². The Bertz CT molecular complexity index is 338. The van der Waals surface area contributed by atoms with E-state index in [2.05, 4.69) is 22.5 Å². The molecular weight excluding hydrogens is 238 g/mol. The minimum absolute atomic E-state index is 0.145. The molecule has 3 rings (SSSR count). The van der Waals surface area contributed by atoms with Gasteiger partial charge in [-0.1, -0.05) is 13.3 Å². The lowest BCUT2D eigenvalue weighted by atomic mass is 9.79. The highest BCUT2D eigenvalue weighted by Gasteiger charge is 2.40. The molecule has 3 saturated heterocycles. The first-order valence-corrected chi connectivity index (χ1v) is 7.95. The van der Waals surface area contributed by atoms with Gasteiger partial charge in [-0.15, -0.1) is 0 Å². The normalized spacial score (nSPS) is 34.8. The number of nitrogens with one attached hydrogen (secondary N) is 2. The van der Waals surface area contributed by atoms with Crippen LogP contribution in [0.2, 0.25) is 0 Å². The Morgan fingerprint density at radius 3 is 2.79 bits per heavy atom. The quantitative estimate of drug-likeness (QED) is 0.786. The summed E-state index contributed by atoms with van der Waals surface area (Å²) in [7, 11) is 0. The van der Waals surface area contributed by atoms with E-state index in [1.54, 1.807) is 0 Å². The number of carbonyl (C=O) groups excluding carboxylic acids is 1. The molecule has 2 unspecified atom stereocenters. The van der Waals surface area contributed by atoms with Gasteiger partial charge in [0.2, 0.25) is 5.91 Å². The molecule has 2 N–H and O–H groups in total. The first-order valence-electron chi connectivity index (χ1n) is 7.95. The Morgan fingerprint density at radius 2 is 2.00 bits per heavy atom. The zero-order valence-electron chi connectivity index (χ0n) is 12.1. The number of amides is 1. The smallest absolute Gasteiger partial charge is 0.226 e. The molecule has 0 aromatic heterocycles. The molecule has 0 bridgehead atoms. The van der Waals surface area contributed by atoms with Crippen LogP contribution in [0.5, 0.6) is 0 Å². The molecule has 0 aliphatic carbocycles. The fraction of sp³-hybridized carbons (Fsp3) is 0.933. The van der Waals surface area contributed by atoms with E-state index in [-0.39, 0.29) is 5.41 Å². The van der Waals surface area contributed by atoms with Gasteiger partial charge in [0.05, 0.1) is 0 Å². The standard InChI is InChI=1S/C15H27N3O/c1-15(6-8-16-9-7-15)14(19)17-12-5-11-18-10-3-2-4-13(12)18/h12-13,16H,2-11H2,1H3,(H,17,19). The maximum absolute atomic E-state index is 12.6. The number of hydrogen-bond donors (Lipinski definition) is 2. The largest absolute Gasteiger partial charge is 0.351 e. The van der Waals surface area contributed by atoms with Gasteiger partial charge in [-0.25, -0.2) is 0 Å². The molecule has 108 valence electrons. The van der Waals surface area contributed by atoms with E-state index in [9.17, 15) is 4.79 Å². The summed E-state index contributed by atoms with van der Waals surface area (Å²) >= 11 is 0. The number of rotatable bonds is 2. The van der Waals surface area contributed by atoms with Crippen LogP contribution >= 0.6 is 0 Å². The summed E-state index contributed by atoms with van der Waals surface area (Å²) in [6, 6.07) is 1.02. The molecule has 3 heterocycles. The zero-order valence-corrected chi connectivity index (χ0v) is 12.1. The molecule has 3 aliphatic rings. The SMILES string of the molecule is CC1(C(=O)NC2CCN3CCCCC23)CCNCC1. The van der Waals surface area contributed by atoms with Crippen LogP contribution in [-0.2, 0) is 4.79 Å². The van der Waals surface area contributed by atoms with Crippen molar-refractivity contribution in [1.29, 1.82) is 0 Å². The second-order valence-corrected chi connectivity index (χ2v) is 6.78. The van der Waals surface area contributed by atoms with Crippen molar-refractivity contribution in [2.24, 2.45) is 5.41 Å². The summed E-state index contributed by atoms with van der Waals surface area (Å²) in [5, 5.41) is 6.73. The number of piperidine rings is 2. The van der Waals surface area contributed by atoms with Crippen molar-refractivity contribution in [2.75, 3.05) is 26.2 Å². The molecule has 0 saturated carbocycles. The Kier molecular flexibility index (Phi) is 3.81. The second kappa shape index (κ2) is 5.41. The molecule has 0 spiro atoms. The molecule has 3 aliphatic heterocycles. The minimum atomic E-state index is -0.145. The number of hydrogen-bond acceptors (Lipinski definition) is 3. The van der Waals surface area contributed by atoms with Crippen molar-refractivity contribution in [1.82, 2.24) is 15.5 Å². The first kappa shape index (κ1) is 13.4. The molecule has 4 heteroatoms. The van der Waals surface area contributed by atoms with Gasteiger partial charge in [0.15, 0.2) is 0 Å². The van der Waals surface area contributed by atoms with Gasteiger partial charge in [-0.2, -0.15) is 0 Å². The van der Waals surface area contributed by atoms with Gasteiger partial charge in [0.1, 0.15) is 0 Å². The maximum atomic E-state index is 12.6. The topological polar surface area (TPSA) is 44.4 Å². The Morgan fingerprint density at radius 1 is 1.21 bits per heavy atom. The van der Waals surface area contributed by atoms with Crippen molar-refractivity contribution >= 4 is 5.91 Å². The van der Waals surface area contributed by atoms with Crippen molar-refractivity contribution in [3.05, 3.63) is 0 Å². The van der Waals surface area contributed by atoms with E-state index in [0.717, 1.165) is 32.4 Å². The molecule has 0 radical (unpaired) electrons. The Hall–Kier alpha value is -0.610. The summed E-state index contributed by atoms with van der Waals surface area (Å²) in [5.74, 6) is 0.298. The van der Waals surface area contributed by atoms with Crippen LogP contribution in [0.4, 0.5) is 0 Å². The third-order valence-corrected chi connectivity index (χ3v) is 5.43. The lowest BCUT2D eigenvalue weighted by Gasteiger charge is -2.36. The van der Waals surface area contributed by atoms with Crippen molar-refractivity contribution in [2.45, 2.75) is 57.5 Å². The summed E-state index contributed by atoms with van der Waals surface area (Å²) in [4.78, 5) is 15.2. The number of nitrogens with zero attached hydrogens (tertiary/aromatic N) is 1. The fourth-order valence-corrected chi connectivity index (χ4v) is 3.96. The molecule has 19 heavy (non-hydrogen) atoms. The first-order chi connectivity index (χ1) is 9.19. The highest BCUT2D eigenvalue weighted by molar-refractivity contribution is 5.82. The van der Waals surface area contributed by atoms with Gasteiger partial charge in [0.25, 0.3) is 0 Å². The van der Waals surface area contributed by atoms with Gasteiger partial charge in [-0.05, 0) is 51.7 Å². The van der Waals surface area contributed by atoms with Crippen LogP contribution in [0, 0.1) is 5.41 Å². The molecule has 0 aromatic carbocycles. The van der Waals surface area contributed by atoms with Crippen LogP contribution in [0.15, 0.2) is 0 Å². The maximum Gasteiger partial charge on any atom is 0.226 e. The predicted molar refractivity (Wildman–Crippen MR) is 76.0 cm³/mol. The van der Waals surface area contributed by atoms with Gasteiger partial charge in [-0.3, -0.25) is 9.69 Å². The van der Waals surface area contributed by atoms with Crippen LogP contribution in [0.25, 0.3) is 0 Å². The third kappa shape index (κ3) is 2.65. The van der Waals surface area contributed by atoms with Crippen LogP contribution in [0.3, 0.4) is 0 Å². The van der Waals surface area contributed by atoms with Crippen LogP contribution < -0.4 is 10.6 Å². The van der Waals surface area contributed by atoms with Gasteiger partial charge in [0, 0.05) is 24.0 Å². The number of fused-ring (bicyclic) bond motifs is 1. The van der Waals surface area contributed by atoms with Crippen molar-refractivity contribution in [3.63, 3.8) is 0 Å². The molecule has 0 aromatic rings. The average Bonchev–Trinajstić information content (AvgIpc) is 2.83. The Balaban J connectivity index is 1.60. The number of carbonyl (C=O) groups is 1. The van der Waals surface area contributed by atoms with E-state index < -0.39 is 0 Å². The fourth-order valence-electron chi connectivity index (χ4n) is 3.96. The molecular formula is C15H27N3O. The highest BCUT2D eigenvalue weighted by Crippen LogP contribution is 2.31. The van der Waals surface area contributed by atoms with E-state index in [1.165, 1.54) is 32.4 Å². The molecule has 1 amide bonds. The van der Waals surface area contributed by atoms with E-state index in [0.29, 0.717) is 18.0 Å². The van der Waals surface area contributed by atoms with E-state index >= 15 is 0 Å². The van der Waals surface area contributed by atoms with Gasteiger partial charge < -0.3 is 10.6 Å². The molecule has 2 atom stereocenters. The molecule has 4 nitrogen and oxygen atoms in total. The lowest BCUT2D eigenvalue weighted by Crippen LogP contribution is -2.52. The van der Waals surface area contributed by atoms with E-state index in [4.69, 9.17) is 0 Å². The second-order valence-electron chi connectivity index (χ2n) is 6.78. The van der Waals surface area contributed by atoms with E-state index in [1.807, 2.05) is 0 Å². The molecule has 3 fully saturated rings.